The molecule has 0 radical (unpaired) electrons. The van der Waals surface area contributed by atoms with Gasteiger partial charge in [0.05, 0.1) is 16.8 Å². The minimum Gasteiger partial charge on any atom is -0.464 e. The quantitative estimate of drug-likeness (QED) is 0.902. The lowest BCUT2D eigenvalue weighted by molar-refractivity contribution is 0.0963. The standard InChI is InChI=1S/C15H17ClN2O2/c1-9-4-7-14(20-9)10(2)18-13-8-11(15(19)17-3)5-6-12(13)16/h4-8,10,18H,1-3H3,(H,17,19). The Hall–Kier alpha value is -1.94. The molecule has 1 unspecified atom stereocenters. The van der Waals surface area contributed by atoms with E-state index >= 15 is 0 Å². The lowest BCUT2D eigenvalue weighted by Crippen LogP contribution is -2.18. The minimum absolute atomic E-state index is 0.0406. The Balaban J connectivity index is 2.22. The van der Waals surface area contributed by atoms with Crippen LogP contribution < -0.4 is 10.6 Å². The van der Waals surface area contributed by atoms with E-state index in [-0.39, 0.29) is 11.9 Å². The van der Waals surface area contributed by atoms with Crippen LogP contribution in [-0.2, 0) is 0 Å². The first-order valence-electron chi connectivity index (χ1n) is 6.35. The molecule has 5 heteroatoms. The molecule has 0 saturated heterocycles. The van der Waals surface area contributed by atoms with Crippen molar-refractivity contribution < 1.29 is 9.21 Å². The molecule has 1 aromatic heterocycles. The SMILES string of the molecule is CNC(=O)c1ccc(Cl)c(NC(C)c2ccc(C)o2)c1. The molecule has 1 amide bonds. The predicted molar refractivity (Wildman–Crippen MR) is 80.3 cm³/mol. The number of carbonyl (C=O) groups excluding carboxylic acids is 1. The Kier molecular flexibility index (Phi) is 4.35. The monoisotopic (exact) mass is 292 g/mol. The number of furan rings is 1. The van der Waals surface area contributed by atoms with Crippen LogP contribution in [0.2, 0.25) is 5.02 Å². The number of nitrogens with one attached hydrogen (secondary N) is 2. The van der Waals surface area contributed by atoms with Crippen LogP contribution in [0.25, 0.3) is 0 Å². The van der Waals surface area contributed by atoms with Gasteiger partial charge in [-0.2, -0.15) is 0 Å². The van der Waals surface area contributed by atoms with Crippen molar-refractivity contribution in [3.05, 3.63) is 52.4 Å². The van der Waals surface area contributed by atoms with Gasteiger partial charge in [-0.25, -0.2) is 0 Å². The van der Waals surface area contributed by atoms with Gasteiger partial charge in [0.1, 0.15) is 11.5 Å². The fourth-order valence-electron chi connectivity index (χ4n) is 1.91. The van der Waals surface area contributed by atoms with Gasteiger partial charge in [-0.15, -0.1) is 0 Å². The number of carbonyl (C=O) groups is 1. The van der Waals surface area contributed by atoms with Crippen LogP contribution >= 0.6 is 11.6 Å². The highest BCUT2D eigenvalue weighted by Gasteiger charge is 2.13. The number of amides is 1. The number of hydrogen-bond donors (Lipinski definition) is 2. The molecular formula is C15H17ClN2O2. The third-order valence-corrected chi connectivity index (χ3v) is 3.35. The molecule has 0 aliphatic carbocycles. The molecule has 0 aliphatic rings. The van der Waals surface area contributed by atoms with E-state index in [1.807, 2.05) is 26.0 Å². The average Bonchev–Trinajstić information content (AvgIpc) is 2.87. The van der Waals surface area contributed by atoms with E-state index in [2.05, 4.69) is 10.6 Å². The zero-order chi connectivity index (χ0) is 14.7. The van der Waals surface area contributed by atoms with Crippen LogP contribution in [0, 0.1) is 6.92 Å². The first-order chi connectivity index (χ1) is 9.51. The second-order valence-electron chi connectivity index (χ2n) is 4.59. The van der Waals surface area contributed by atoms with E-state index < -0.39 is 0 Å². The van der Waals surface area contributed by atoms with Gasteiger partial charge >= 0.3 is 0 Å². The Morgan fingerprint density at radius 3 is 2.65 bits per heavy atom. The van der Waals surface area contributed by atoms with Crippen LogP contribution in [-0.4, -0.2) is 13.0 Å². The molecule has 20 heavy (non-hydrogen) atoms. The van der Waals surface area contributed by atoms with Crippen molar-refractivity contribution in [1.29, 1.82) is 0 Å². The molecular weight excluding hydrogens is 276 g/mol. The van der Waals surface area contributed by atoms with Crippen LogP contribution in [0.1, 0.15) is 34.8 Å². The molecule has 1 aromatic carbocycles. The van der Waals surface area contributed by atoms with Gasteiger partial charge < -0.3 is 15.1 Å². The number of benzene rings is 1. The summed E-state index contributed by atoms with van der Waals surface area (Å²) >= 11 is 6.16. The summed E-state index contributed by atoms with van der Waals surface area (Å²) in [5.41, 5.74) is 1.26. The summed E-state index contributed by atoms with van der Waals surface area (Å²) in [5.74, 6) is 1.54. The maximum absolute atomic E-state index is 11.6. The van der Waals surface area contributed by atoms with Crippen LogP contribution in [0.4, 0.5) is 5.69 Å². The van der Waals surface area contributed by atoms with Gasteiger partial charge in [-0.3, -0.25) is 4.79 Å². The molecule has 0 saturated carbocycles. The highest BCUT2D eigenvalue weighted by Crippen LogP contribution is 2.28. The number of hydrogen-bond acceptors (Lipinski definition) is 3. The van der Waals surface area contributed by atoms with E-state index in [1.165, 1.54) is 0 Å². The molecule has 0 aliphatic heterocycles. The lowest BCUT2D eigenvalue weighted by atomic mass is 10.1. The summed E-state index contributed by atoms with van der Waals surface area (Å²) in [4.78, 5) is 11.6. The normalized spacial score (nSPS) is 12.0. The minimum atomic E-state index is -0.147. The topological polar surface area (TPSA) is 54.3 Å². The summed E-state index contributed by atoms with van der Waals surface area (Å²) in [6.45, 7) is 3.87. The van der Waals surface area contributed by atoms with Crippen molar-refractivity contribution in [1.82, 2.24) is 5.32 Å². The van der Waals surface area contributed by atoms with Gasteiger partial charge in [-0.1, -0.05) is 11.6 Å². The molecule has 2 aromatic rings. The van der Waals surface area contributed by atoms with E-state index in [9.17, 15) is 4.79 Å². The molecule has 0 fully saturated rings. The fraction of sp³-hybridized carbons (Fsp3) is 0.267. The van der Waals surface area contributed by atoms with Crippen LogP contribution in [0.5, 0.6) is 0 Å². The zero-order valence-electron chi connectivity index (χ0n) is 11.7. The van der Waals surface area contributed by atoms with Crippen molar-refractivity contribution in [2.24, 2.45) is 0 Å². The number of rotatable bonds is 4. The van der Waals surface area contributed by atoms with E-state index in [4.69, 9.17) is 16.0 Å². The fourth-order valence-corrected chi connectivity index (χ4v) is 2.08. The van der Waals surface area contributed by atoms with Gasteiger partial charge in [0.15, 0.2) is 0 Å². The van der Waals surface area contributed by atoms with E-state index in [0.717, 1.165) is 11.5 Å². The van der Waals surface area contributed by atoms with E-state index in [0.29, 0.717) is 16.3 Å². The summed E-state index contributed by atoms with van der Waals surface area (Å²) in [6.07, 6.45) is 0. The van der Waals surface area contributed by atoms with Gasteiger partial charge in [0.2, 0.25) is 0 Å². The lowest BCUT2D eigenvalue weighted by Gasteiger charge is -2.15. The maximum Gasteiger partial charge on any atom is 0.251 e. The number of aryl methyl sites for hydroxylation is 1. The van der Waals surface area contributed by atoms with Crippen LogP contribution in [0.15, 0.2) is 34.7 Å². The van der Waals surface area contributed by atoms with Gasteiger partial charge in [0, 0.05) is 12.6 Å². The highest BCUT2D eigenvalue weighted by molar-refractivity contribution is 6.33. The van der Waals surface area contributed by atoms with Gasteiger partial charge in [0.25, 0.3) is 5.91 Å². The van der Waals surface area contributed by atoms with Crippen molar-refractivity contribution in [2.75, 3.05) is 12.4 Å². The Bertz CT molecular complexity index is 622. The maximum atomic E-state index is 11.6. The average molecular weight is 293 g/mol. The van der Waals surface area contributed by atoms with Crippen molar-refractivity contribution in [3.63, 3.8) is 0 Å². The number of halogens is 1. The molecule has 4 nitrogen and oxygen atoms in total. The predicted octanol–water partition coefficient (Wildman–Crippen LogP) is 3.77. The second-order valence-corrected chi connectivity index (χ2v) is 5.00. The Morgan fingerprint density at radius 2 is 2.05 bits per heavy atom. The Labute approximate surface area is 123 Å². The molecule has 106 valence electrons. The first-order valence-corrected chi connectivity index (χ1v) is 6.73. The van der Waals surface area contributed by atoms with Crippen LogP contribution in [0.3, 0.4) is 0 Å². The summed E-state index contributed by atoms with van der Waals surface area (Å²) in [5, 5.41) is 6.40. The molecule has 0 spiro atoms. The Morgan fingerprint density at radius 1 is 1.30 bits per heavy atom. The number of anilines is 1. The third kappa shape index (κ3) is 3.14. The molecule has 1 atom stereocenters. The zero-order valence-corrected chi connectivity index (χ0v) is 12.4. The van der Waals surface area contributed by atoms with Gasteiger partial charge in [-0.05, 0) is 44.2 Å². The van der Waals surface area contributed by atoms with Crippen molar-refractivity contribution in [3.8, 4) is 0 Å². The summed E-state index contributed by atoms with van der Waals surface area (Å²) < 4.78 is 5.57. The highest BCUT2D eigenvalue weighted by atomic mass is 35.5. The third-order valence-electron chi connectivity index (χ3n) is 3.02. The molecule has 2 N–H and O–H groups in total. The smallest absolute Gasteiger partial charge is 0.251 e. The summed E-state index contributed by atoms with van der Waals surface area (Å²) in [6, 6.07) is 8.91. The first kappa shape index (κ1) is 14.5. The van der Waals surface area contributed by atoms with Crippen molar-refractivity contribution >= 4 is 23.2 Å². The summed E-state index contributed by atoms with van der Waals surface area (Å²) in [7, 11) is 1.60. The largest absolute Gasteiger partial charge is 0.464 e. The van der Waals surface area contributed by atoms with Crippen molar-refractivity contribution in [2.45, 2.75) is 19.9 Å². The molecule has 1 heterocycles. The van der Waals surface area contributed by atoms with E-state index in [1.54, 1.807) is 25.2 Å². The second kappa shape index (κ2) is 6.01. The molecule has 0 bridgehead atoms. The molecule has 2 rings (SSSR count).